The van der Waals surface area contributed by atoms with Crippen molar-refractivity contribution in [3.05, 3.63) is 54.1 Å². The fraction of sp³-hybridized carbons (Fsp3) is 0.375. The highest BCUT2D eigenvalue weighted by Gasteiger charge is 2.18. The molecular weight excluding hydrogens is 440 g/mol. The molecule has 2 aromatic carbocycles. The number of hydrogen-bond donors (Lipinski definition) is 0. The summed E-state index contributed by atoms with van der Waals surface area (Å²) in [6.45, 7) is 1.85. The zero-order chi connectivity index (χ0) is 23.6. The number of methoxy groups -OCH3 is 3. The lowest BCUT2D eigenvalue weighted by molar-refractivity contribution is -0.127. The van der Waals surface area contributed by atoms with Crippen LogP contribution in [0.1, 0.15) is 12.0 Å². The van der Waals surface area contributed by atoms with E-state index in [9.17, 15) is 4.79 Å². The molecule has 33 heavy (non-hydrogen) atoms. The fourth-order valence-electron chi connectivity index (χ4n) is 3.33. The molecule has 1 heterocycles. The van der Waals surface area contributed by atoms with Crippen LogP contribution in [-0.2, 0) is 22.6 Å². The number of nitrogens with zero attached hydrogens (tertiary/aromatic N) is 4. The Labute approximate surface area is 198 Å². The van der Waals surface area contributed by atoms with E-state index in [0.717, 1.165) is 17.5 Å². The van der Waals surface area contributed by atoms with Gasteiger partial charge in [-0.3, -0.25) is 4.79 Å². The van der Waals surface area contributed by atoms with E-state index in [1.807, 2.05) is 60.1 Å². The van der Waals surface area contributed by atoms with Crippen LogP contribution in [0.2, 0.25) is 0 Å². The van der Waals surface area contributed by atoms with Gasteiger partial charge in [-0.2, -0.15) is 0 Å². The van der Waals surface area contributed by atoms with Crippen LogP contribution >= 0.6 is 11.8 Å². The highest BCUT2D eigenvalue weighted by atomic mass is 32.2. The van der Waals surface area contributed by atoms with Crippen LogP contribution in [0.5, 0.6) is 11.5 Å². The maximum absolute atomic E-state index is 12.7. The molecule has 1 aromatic heterocycles. The first-order valence-corrected chi connectivity index (χ1v) is 11.6. The van der Waals surface area contributed by atoms with E-state index in [4.69, 9.17) is 14.2 Å². The third kappa shape index (κ3) is 6.49. The van der Waals surface area contributed by atoms with Gasteiger partial charge in [0.15, 0.2) is 22.5 Å². The fourth-order valence-corrected chi connectivity index (χ4v) is 4.24. The Balaban J connectivity index is 1.76. The molecule has 0 aliphatic heterocycles. The van der Waals surface area contributed by atoms with E-state index in [1.54, 1.807) is 26.2 Å². The average Bonchev–Trinajstić information content (AvgIpc) is 3.25. The second-order valence-electron chi connectivity index (χ2n) is 7.40. The number of carbonyl (C=O) groups excluding carboxylic acids is 1. The number of carbonyl (C=O) groups is 1. The van der Waals surface area contributed by atoms with Gasteiger partial charge >= 0.3 is 0 Å². The van der Waals surface area contributed by atoms with Gasteiger partial charge in [-0.1, -0.05) is 42.1 Å². The van der Waals surface area contributed by atoms with E-state index in [-0.39, 0.29) is 11.7 Å². The van der Waals surface area contributed by atoms with Crippen LogP contribution < -0.4 is 9.47 Å². The standard InChI is InChI=1S/C24H30N4O4S/c1-27(16-18-9-6-5-7-10-18)22(29)17-33-24-26-25-23(28(24)13-8-14-30-2)19-11-12-20(31-3)21(15-19)32-4/h5-7,9-12,15H,8,13-14,16-17H2,1-4H3. The Hall–Kier alpha value is -3.04. The van der Waals surface area contributed by atoms with Crippen molar-refractivity contribution >= 4 is 17.7 Å². The van der Waals surface area contributed by atoms with Crippen LogP contribution in [0.25, 0.3) is 11.4 Å². The summed E-state index contributed by atoms with van der Waals surface area (Å²) in [4.78, 5) is 14.4. The highest BCUT2D eigenvalue weighted by molar-refractivity contribution is 7.99. The Bertz CT molecular complexity index is 1040. The first-order chi connectivity index (χ1) is 16.1. The van der Waals surface area contributed by atoms with Gasteiger partial charge in [0, 0.05) is 39.4 Å². The number of rotatable bonds is 12. The van der Waals surface area contributed by atoms with E-state index < -0.39 is 0 Å². The van der Waals surface area contributed by atoms with Gasteiger partial charge < -0.3 is 23.7 Å². The van der Waals surface area contributed by atoms with Crippen molar-refractivity contribution in [2.24, 2.45) is 0 Å². The molecule has 0 aliphatic rings. The monoisotopic (exact) mass is 470 g/mol. The number of thioether (sulfide) groups is 1. The molecule has 1 amide bonds. The van der Waals surface area contributed by atoms with Crippen molar-refractivity contribution in [1.82, 2.24) is 19.7 Å². The molecule has 0 radical (unpaired) electrons. The van der Waals surface area contributed by atoms with E-state index >= 15 is 0 Å². The summed E-state index contributed by atoms with van der Waals surface area (Å²) in [5.41, 5.74) is 1.95. The lowest BCUT2D eigenvalue weighted by Crippen LogP contribution is -2.27. The van der Waals surface area contributed by atoms with Gasteiger partial charge in [-0.15, -0.1) is 10.2 Å². The summed E-state index contributed by atoms with van der Waals surface area (Å²) < 4.78 is 18.0. The minimum absolute atomic E-state index is 0.0305. The molecule has 9 heteroatoms. The van der Waals surface area contributed by atoms with Crippen molar-refractivity contribution in [3.63, 3.8) is 0 Å². The Morgan fingerprint density at radius 3 is 2.48 bits per heavy atom. The third-order valence-corrected chi connectivity index (χ3v) is 6.05. The quantitative estimate of drug-likeness (QED) is 0.295. The molecule has 8 nitrogen and oxygen atoms in total. The van der Waals surface area contributed by atoms with Crippen molar-refractivity contribution in [1.29, 1.82) is 0 Å². The second kappa shape index (κ2) is 12.3. The zero-order valence-electron chi connectivity index (χ0n) is 19.5. The molecule has 0 atom stereocenters. The third-order valence-electron chi connectivity index (χ3n) is 5.10. The first-order valence-electron chi connectivity index (χ1n) is 10.6. The van der Waals surface area contributed by atoms with Crippen LogP contribution in [0.4, 0.5) is 0 Å². The molecule has 0 bridgehead atoms. The molecule has 3 rings (SSSR count). The van der Waals surface area contributed by atoms with Crippen molar-refractivity contribution in [3.8, 4) is 22.9 Å². The zero-order valence-corrected chi connectivity index (χ0v) is 20.3. The molecule has 0 saturated heterocycles. The van der Waals surface area contributed by atoms with Gasteiger partial charge in [-0.25, -0.2) is 0 Å². The molecule has 0 N–H and O–H groups in total. The second-order valence-corrected chi connectivity index (χ2v) is 8.34. The van der Waals surface area contributed by atoms with Crippen molar-refractivity contribution in [2.45, 2.75) is 24.7 Å². The summed E-state index contributed by atoms with van der Waals surface area (Å²) >= 11 is 1.39. The summed E-state index contributed by atoms with van der Waals surface area (Å²) in [7, 11) is 6.70. The highest BCUT2D eigenvalue weighted by Crippen LogP contribution is 2.33. The van der Waals surface area contributed by atoms with E-state index in [2.05, 4.69) is 10.2 Å². The van der Waals surface area contributed by atoms with Gasteiger partial charge in [0.2, 0.25) is 5.91 Å². The van der Waals surface area contributed by atoms with E-state index in [0.29, 0.717) is 42.2 Å². The Kier molecular flexibility index (Phi) is 9.14. The predicted octanol–water partition coefficient (Wildman–Crippen LogP) is 3.75. The van der Waals surface area contributed by atoms with E-state index in [1.165, 1.54) is 11.8 Å². The molecule has 3 aromatic rings. The molecular formula is C24H30N4O4S. The number of hydrogen-bond acceptors (Lipinski definition) is 7. The van der Waals surface area contributed by atoms with Crippen LogP contribution in [0.15, 0.2) is 53.7 Å². The minimum Gasteiger partial charge on any atom is -0.493 e. The minimum atomic E-state index is 0.0305. The Morgan fingerprint density at radius 1 is 1.03 bits per heavy atom. The van der Waals surface area contributed by atoms with Crippen molar-refractivity contribution in [2.75, 3.05) is 40.7 Å². The Morgan fingerprint density at radius 2 is 1.79 bits per heavy atom. The molecule has 0 saturated carbocycles. The first kappa shape index (κ1) is 24.6. The molecule has 0 unspecified atom stereocenters. The van der Waals surface area contributed by atoms with Gasteiger partial charge in [0.25, 0.3) is 0 Å². The lowest BCUT2D eigenvalue weighted by Gasteiger charge is -2.17. The number of benzene rings is 2. The number of aromatic nitrogens is 3. The molecule has 0 fully saturated rings. The van der Waals surface area contributed by atoms with Crippen LogP contribution in [0, 0.1) is 0 Å². The summed E-state index contributed by atoms with van der Waals surface area (Å²) in [5, 5.41) is 9.49. The summed E-state index contributed by atoms with van der Waals surface area (Å²) in [6.07, 6.45) is 0.796. The summed E-state index contributed by atoms with van der Waals surface area (Å²) in [5.74, 6) is 2.28. The maximum atomic E-state index is 12.7. The predicted molar refractivity (Wildman–Crippen MR) is 129 cm³/mol. The normalized spacial score (nSPS) is 10.8. The average molecular weight is 471 g/mol. The maximum Gasteiger partial charge on any atom is 0.233 e. The SMILES string of the molecule is COCCCn1c(SCC(=O)N(C)Cc2ccccc2)nnc1-c1ccc(OC)c(OC)c1. The molecule has 0 spiro atoms. The molecule has 0 aliphatic carbocycles. The summed E-state index contributed by atoms with van der Waals surface area (Å²) in [6, 6.07) is 15.6. The smallest absolute Gasteiger partial charge is 0.233 e. The largest absolute Gasteiger partial charge is 0.493 e. The topological polar surface area (TPSA) is 78.7 Å². The van der Waals surface area contributed by atoms with Gasteiger partial charge in [-0.05, 0) is 30.2 Å². The lowest BCUT2D eigenvalue weighted by atomic mass is 10.2. The van der Waals surface area contributed by atoms with Gasteiger partial charge in [0.05, 0.1) is 20.0 Å². The number of amides is 1. The van der Waals surface area contributed by atoms with Crippen molar-refractivity contribution < 1.29 is 19.0 Å². The van der Waals surface area contributed by atoms with Crippen LogP contribution in [0.3, 0.4) is 0 Å². The number of ether oxygens (including phenoxy) is 3. The van der Waals surface area contributed by atoms with Crippen LogP contribution in [-0.4, -0.2) is 66.3 Å². The van der Waals surface area contributed by atoms with Gasteiger partial charge in [0.1, 0.15) is 0 Å². The molecule has 176 valence electrons.